The van der Waals surface area contributed by atoms with Gasteiger partial charge in [-0.3, -0.25) is 0 Å². The van der Waals surface area contributed by atoms with E-state index in [4.69, 9.17) is 0 Å². The lowest BCUT2D eigenvalue weighted by molar-refractivity contribution is 0.371. The summed E-state index contributed by atoms with van der Waals surface area (Å²) in [5.41, 5.74) is 0. The predicted octanol–water partition coefficient (Wildman–Crippen LogP) is 2.17. The molecule has 0 aromatic heterocycles. The molecule has 0 atom stereocenters. The number of hydrogen-bond donors (Lipinski definition) is 0. The van der Waals surface area contributed by atoms with Crippen molar-refractivity contribution in [3.63, 3.8) is 0 Å². The molecule has 0 aromatic carbocycles. The Morgan fingerprint density at radius 3 is 2.67 bits per heavy atom. The fourth-order valence-electron chi connectivity index (χ4n) is 0.587. The van der Waals surface area contributed by atoms with Crippen molar-refractivity contribution in [1.29, 1.82) is 0 Å². The third-order valence-corrected chi connectivity index (χ3v) is 1.08. The molecular formula is C8H14O. The summed E-state index contributed by atoms with van der Waals surface area (Å²) in [5, 5.41) is 0. The lowest BCUT2D eigenvalue weighted by Crippen LogP contribution is -1.71. The lowest BCUT2D eigenvalue weighted by Gasteiger charge is -1.87. The van der Waals surface area contributed by atoms with Crippen LogP contribution in [0.15, 0.2) is 0 Å². The topological polar surface area (TPSA) is 9.23 Å². The van der Waals surface area contributed by atoms with Crippen LogP contribution in [0.1, 0.15) is 32.6 Å². The van der Waals surface area contributed by atoms with E-state index in [1.165, 1.54) is 19.3 Å². The quantitative estimate of drug-likeness (QED) is 0.416. The van der Waals surface area contributed by atoms with Crippen LogP contribution in [0.25, 0.3) is 0 Å². The zero-order valence-electron chi connectivity index (χ0n) is 6.24. The fraction of sp³-hybridized carbons (Fsp3) is 0.750. The second kappa shape index (κ2) is 7.36. The highest BCUT2D eigenvalue weighted by atomic mass is 16.5. The number of ether oxygens (including phenoxy) is 1. The van der Waals surface area contributed by atoms with E-state index in [2.05, 4.69) is 23.7 Å². The second-order valence-electron chi connectivity index (χ2n) is 1.94. The Morgan fingerprint density at radius 2 is 2.11 bits per heavy atom. The Morgan fingerprint density at radius 1 is 1.33 bits per heavy atom. The standard InChI is InChI=1S/C8H14O/c1-3-4-5-6-7-8-9-2/h3-6H2,1-2H3. The lowest BCUT2D eigenvalue weighted by atomic mass is 10.2. The Kier molecular flexibility index (Phi) is 6.84. The summed E-state index contributed by atoms with van der Waals surface area (Å²) >= 11 is 0. The van der Waals surface area contributed by atoms with Crippen molar-refractivity contribution in [3.8, 4) is 12.0 Å². The molecule has 0 aromatic rings. The monoisotopic (exact) mass is 126 g/mol. The number of hydrogen-bond acceptors (Lipinski definition) is 1. The van der Waals surface area contributed by atoms with Crippen LogP contribution in [0.3, 0.4) is 0 Å². The molecule has 0 radical (unpaired) electrons. The Balaban J connectivity index is 2.90. The summed E-state index contributed by atoms with van der Waals surface area (Å²) in [7, 11) is 1.59. The third-order valence-electron chi connectivity index (χ3n) is 1.08. The average molecular weight is 126 g/mol. The van der Waals surface area contributed by atoms with Gasteiger partial charge in [0.05, 0.1) is 7.11 Å². The van der Waals surface area contributed by atoms with Gasteiger partial charge in [0.25, 0.3) is 0 Å². The zero-order valence-corrected chi connectivity index (χ0v) is 6.24. The molecule has 1 nitrogen and oxygen atoms in total. The van der Waals surface area contributed by atoms with E-state index in [1.807, 2.05) is 0 Å². The number of unbranched alkanes of at least 4 members (excludes halogenated alkanes) is 3. The number of methoxy groups -OCH3 is 1. The van der Waals surface area contributed by atoms with E-state index >= 15 is 0 Å². The van der Waals surface area contributed by atoms with E-state index in [1.54, 1.807) is 7.11 Å². The van der Waals surface area contributed by atoms with Crippen molar-refractivity contribution >= 4 is 0 Å². The van der Waals surface area contributed by atoms with Crippen molar-refractivity contribution in [2.45, 2.75) is 32.6 Å². The summed E-state index contributed by atoms with van der Waals surface area (Å²) in [6.07, 6.45) is 7.27. The van der Waals surface area contributed by atoms with E-state index in [0.717, 1.165) is 6.42 Å². The van der Waals surface area contributed by atoms with Gasteiger partial charge in [0.15, 0.2) is 0 Å². The zero-order chi connectivity index (χ0) is 6.95. The van der Waals surface area contributed by atoms with Crippen LogP contribution in [-0.2, 0) is 4.74 Å². The highest BCUT2D eigenvalue weighted by Crippen LogP contribution is 1.96. The summed E-state index contributed by atoms with van der Waals surface area (Å²) in [4.78, 5) is 0. The van der Waals surface area contributed by atoms with E-state index < -0.39 is 0 Å². The molecule has 0 spiro atoms. The van der Waals surface area contributed by atoms with Crippen molar-refractivity contribution < 1.29 is 4.74 Å². The molecule has 0 N–H and O–H groups in total. The van der Waals surface area contributed by atoms with Crippen LogP contribution in [0, 0.1) is 12.0 Å². The summed E-state index contributed by atoms with van der Waals surface area (Å²) in [6, 6.07) is 0. The van der Waals surface area contributed by atoms with Crippen molar-refractivity contribution in [3.05, 3.63) is 0 Å². The molecule has 0 heterocycles. The van der Waals surface area contributed by atoms with Gasteiger partial charge < -0.3 is 4.74 Å². The summed E-state index contributed by atoms with van der Waals surface area (Å²) < 4.78 is 4.56. The highest BCUT2D eigenvalue weighted by Gasteiger charge is 1.79. The van der Waals surface area contributed by atoms with Crippen LogP contribution < -0.4 is 0 Å². The summed E-state index contributed by atoms with van der Waals surface area (Å²) in [5.74, 6) is 2.90. The first-order chi connectivity index (χ1) is 4.41. The van der Waals surface area contributed by atoms with Crippen molar-refractivity contribution in [1.82, 2.24) is 0 Å². The molecule has 0 unspecified atom stereocenters. The summed E-state index contributed by atoms with van der Waals surface area (Å²) in [6.45, 7) is 2.18. The van der Waals surface area contributed by atoms with Gasteiger partial charge >= 0.3 is 0 Å². The molecule has 0 aliphatic carbocycles. The van der Waals surface area contributed by atoms with Gasteiger partial charge in [-0.25, -0.2) is 0 Å². The van der Waals surface area contributed by atoms with Gasteiger partial charge in [0, 0.05) is 6.42 Å². The van der Waals surface area contributed by atoms with Gasteiger partial charge in [-0.15, -0.1) is 0 Å². The van der Waals surface area contributed by atoms with Crippen LogP contribution in [0.5, 0.6) is 0 Å². The first kappa shape index (κ1) is 8.36. The average Bonchev–Trinajstić information content (AvgIpc) is 1.89. The minimum absolute atomic E-state index is 0.974. The molecule has 0 aliphatic heterocycles. The molecule has 0 fully saturated rings. The molecule has 0 aliphatic rings. The molecule has 0 saturated heterocycles. The van der Waals surface area contributed by atoms with Gasteiger partial charge in [-0.05, 0) is 6.42 Å². The molecule has 1 heteroatoms. The fourth-order valence-corrected chi connectivity index (χ4v) is 0.587. The maximum Gasteiger partial charge on any atom is 0.109 e. The minimum atomic E-state index is 0.974. The third kappa shape index (κ3) is 7.36. The first-order valence-corrected chi connectivity index (χ1v) is 3.42. The smallest absolute Gasteiger partial charge is 0.109 e. The normalized spacial score (nSPS) is 7.78. The van der Waals surface area contributed by atoms with Gasteiger partial charge in [0.1, 0.15) is 6.11 Å². The second-order valence-corrected chi connectivity index (χ2v) is 1.94. The highest BCUT2D eigenvalue weighted by molar-refractivity contribution is 4.90. The largest absolute Gasteiger partial charge is 0.450 e. The van der Waals surface area contributed by atoms with E-state index in [9.17, 15) is 0 Å². The van der Waals surface area contributed by atoms with Crippen molar-refractivity contribution in [2.75, 3.05) is 7.11 Å². The van der Waals surface area contributed by atoms with Gasteiger partial charge in [0.2, 0.25) is 0 Å². The van der Waals surface area contributed by atoms with Crippen molar-refractivity contribution in [2.24, 2.45) is 0 Å². The van der Waals surface area contributed by atoms with Crippen LogP contribution in [0.4, 0.5) is 0 Å². The Labute approximate surface area is 57.4 Å². The maximum absolute atomic E-state index is 4.56. The molecule has 0 rings (SSSR count). The van der Waals surface area contributed by atoms with Gasteiger partial charge in [-0.2, -0.15) is 0 Å². The van der Waals surface area contributed by atoms with Crippen LogP contribution >= 0.6 is 0 Å². The molecule has 0 amide bonds. The van der Waals surface area contributed by atoms with E-state index in [0.29, 0.717) is 0 Å². The predicted molar refractivity (Wildman–Crippen MR) is 38.9 cm³/mol. The minimum Gasteiger partial charge on any atom is -0.450 e. The SMILES string of the molecule is CCCCCC#COC. The Bertz CT molecular complexity index is 96.9. The maximum atomic E-state index is 4.56. The molecule has 0 bridgehead atoms. The molecule has 0 saturated carbocycles. The molecular weight excluding hydrogens is 112 g/mol. The first-order valence-electron chi connectivity index (χ1n) is 3.42. The molecule has 52 valence electrons. The number of rotatable bonds is 3. The van der Waals surface area contributed by atoms with E-state index in [-0.39, 0.29) is 0 Å². The Hall–Kier alpha value is -0.640. The van der Waals surface area contributed by atoms with Crippen LogP contribution in [0.2, 0.25) is 0 Å². The molecule has 9 heavy (non-hydrogen) atoms. The van der Waals surface area contributed by atoms with Gasteiger partial charge in [-0.1, -0.05) is 25.7 Å². The van der Waals surface area contributed by atoms with Crippen LogP contribution in [-0.4, -0.2) is 7.11 Å².